The van der Waals surface area contributed by atoms with Gasteiger partial charge in [0.15, 0.2) is 5.60 Å². The molecule has 0 spiro atoms. The van der Waals surface area contributed by atoms with Crippen molar-refractivity contribution >= 4 is 23.7 Å². The molecule has 0 bridgehead atoms. The molecule has 1 fully saturated rings. The molecule has 0 saturated carbocycles. The predicted octanol–water partition coefficient (Wildman–Crippen LogP) is 3.94. The molecule has 1 saturated heterocycles. The number of hydrogen-bond acceptors (Lipinski definition) is 4. The van der Waals surface area contributed by atoms with E-state index in [4.69, 9.17) is 21.1 Å². The second-order valence-electron chi connectivity index (χ2n) is 6.81. The average Bonchev–Trinajstić information content (AvgIpc) is 3.15. The zero-order valence-corrected chi connectivity index (χ0v) is 16.1. The summed E-state index contributed by atoms with van der Waals surface area (Å²) in [4.78, 5) is 23.5. The van der Waals surface area contributed by atoms with Gasteiger partial charge in [0.1, 0.15) is 6.61 Å². The van der Waals surface area contributed by atoms with E-state index in [-0.39, 0.29) is 13.2 Å². The fourth-order valence-corrected chi connectivity index (χ4v) is 3.47. The fourth-order valence-electron chi connectivity index (χ4n) is 3.26. The molecular weight excluding hydrogens is 382 g/mol. The van der Waals surface area contributed by atoms with Gasteiger partial charge in [-0.1, -0.05) is 48.0 Å². The lowest BCUT2D eigenvalue weighted by Crippen LogP contribution is -2.40. The topological polar surface area (TPSA) is 84.9 Å². The van der Waals surface area contributed by atoms with E-state index >= 15 is 0 Å². The van der Waals surface area contributed by atoms with Gasteiger partial charge in [0.2, 0.25) is 0 Å². The van der Waals surface area contributed by atoms with Gasteiger partial charge in [0, 0.05) is 24.6 Å². The first kappa shape index (κ1) is 20.2. The van der Waals surface area contributed by atoms with E-state index in [0.717, 1.165) is 23.1 Å². The van der Waals surface area contributed by atoms with Crippen molar-refractivity contribution in [2.45, 2.75) is 38.0 Å². The Balaban J connectivity index is 1.53. The first-order valence-electron chi connectivity index (χ1n) is 9.07. The summed E-state index contributed by atoms with van der Waals surface area (Å²) in [6.07, 6.45) is 1.01. The molecule has 7 heteroatoms. The summed E-state index contributed by atoms with van der Waals surface area (Å²) in [6, 6.07) is 14.6. The fraction of sp³-hybridized carbons (Fsp3) is 0.333. The summed E-state index contributed by atoms with van der Waals surface area (Å²) in [6.45, 7) is 0.875. The van der Waals surface area contributed by atoms with E-state index in [0.29, 0.717) is 24.5 Å². The molecule has 0 radical (unpaired) electrons. The minimum atomic E-state index is -1.15. The van der Waals surface area contributed by atoms with Crippen LogP contribution in [0.25, 0.3) is 0 Å². The number of carboxylic acids is 1. The van der Waals surface area contributed by atoms with Gasteiger partial charge in [-0.2, -0.15) is 0 Å². The summed E-state index contributed by atoms with van der Waals surface area (Å²) in [5, 5.41) is 12.8. The lowest BCUT2D eigenvalue weighted by molar-refractivity contribution is -0.159. The van der Waals surface area contributed by atoms with Gasteiger partial charge in [-0.25, -0.2) is 9.59 Å². The van der Waals surface area contributed by atoms with Crippen LogP contribution in [-0.2, 0) is 33.8 Å². The molecule has 3 rings (SSSR count). The zero-order chi connectivity index (χ0) is 20.0. The summed E-state index contributed by atoms with van der Waals surface area (Å²) < 4.78 is 10.7. The van der Waals surface area contributed by atoms with Crippen molar-refractivity contribution in [3.8, 4) is 0 Å². The highest BCUT2D eigenvalue weighted by Gasteiger charge is 2.42. The van der Waals surface area contributed by atoms with E-state index in [2.05, 4.69) is 5.32 Å². The van der Waals surface area contributed by atoms with Crippen molar-refractivity contribution in [2.24, 2.45) is 0 Å². The molecule has 1 unspecified atom stereocenters. The maximum absolute atomic E-state index is 11.9. The van der Waals surface area contributed by atoms with Crippen LogP contribution in [0, 0.1) is 0 Å². The normalized spacial score (nSPS) is 18.6. The number of hydrogen-bond donors (Lipinski definition) is 2. The number of carbonyl (C=O) groups excluding carboxylic acids is 1. The summed E-state index contributed by atoms with van der Waals surface area (Å²) in [7, 11) is 0. The quantitative estimate of drug-likeness (QED) is 0.731. The Kier molecular flexibility index (Phi) is 6.54. The number of benzene rings is 2. The molecule has 1 atom stereocenters. The van der Waals surface area contributed by atoms with Gasteiger partial charge in [-0.3, -0.25) is 0 Å². The van der Waals surface area contributed by atoms with Crippen LogP contribution in [0.4, 0.5) is 4.79 Å². The Morgan fingerprint density at radius 3 is 2.61 bits per heavy atom. The molecule has 1 aliphatic heterocycles. The highest BCUT2D eigenvalue weighted by molar-refractivity contribution is 6.30. The highest BCUT2D eigenvalue weighted by atomic mass is 35.5. The van der Waals surface area contributed by atoms with Crippen molar-refractivity contribution < 1.29 is 24.2 Å². The Bertz CT molecular complexity index is 848. The number of carboxylic acid groups (broad SMARTS) is 1. The zero-order valence-electron chi connectivity index (χ0n) is 15.3. The Hall–Kier alpha value is -2.57. The van der Waals surface area contributed by atoms with E-state index in [1.807, 2.05) is 30.3 Å². The maximum Gasteiger partial charge on any atom is 0.407 e. The number of amides is 1. The number of alkyl carbamates (subject to hydrolysis) is 1. The number of carbonyl (C=O) groups is 2. The van der Waals surface area contributed by atoms with Gasteiger partial charge in [-0.05, 0) is 41.7 Å². The molecule has 2 N–H and O–H groups in total. The first-order chi connectivity index (χ1) is 13.5. The van der Waals surface area contributed by atoms with Gasteiger partial charge in [0.25, 0.3) is 0 Å². The summed E-state index contributed by atoms with van der Waals surface area (Å²) in [5.74, 6) is -0.932. The van der Waals surface area contributed by atoms with Crippen LogP contribution in [-0.4, -0.2) is 29.4 Å². The molecule has 2 aromatic rings. The van der Waals surface area contributed by atoms with E-state index in [1.54, 1.807) is 18.2 Å². The maximum atomic E-state index is 11.9. The van der Waals surface area contributed by atoms with Crippen LogP contribution in [0.5, 0.6) is 0 Å². The van der Waals surface area contributed by atoms with Crippen molar-refractivity contribution in [2.75, 3.05) is 6.61 Å². The van der Waals surface area contributed by atoms with Crippen LogP contribution in [0.1, 0.15) is 29.5 Å². The van der Waals surface area contributed by atoms with Gasteiger partial charge < -0.3 is 19.9 Å². The van der Waals surface area contributed by atoms with Crippen molar-refractivity contribution in [3.63, 3.8) is 0 Å². The number of ether oxygens (including phenoxy) is 2. The Morgan fingerprint density at radius 1 is 1.14 bits per heavy atom. The number of nitrogens with one attached hydrogen (secondary N) is 1. The minimum absolute atomic E-state index is 0.130. The molecule has 6 nitrogen and oxygen atoms in total. The third kappa shape index (κ3) is 5.24. The van der Waals surface area contributed by atoms with Crippen molar-refractivity contribution in [1.82, 2.24) is 5.32 Å². The summed E-state index contributed by atoms with van der Waals surface area (Å²) >= 11 is 5.90. The smallest absolute Gasteiger partial charge is 0.407 e. The molecule has 148 valence electrons. The van der Waals surface area contributed by atoms with E-state index in [1.165, 1.54) is 0 Å². The number of aliphatic carboxylic acids is 1. The van der Waals surface area contributed by atoms with E-state index < -0.39 is 17.7 Å². The number of halogens is 1. The van der Waals surface area contributed by atoms with E-state index in [9.17, 15) is 14.7 Å². The predicted molar refractivity (Wildman–Crippen MR) is 104 cm³/mol. The number of rotatable bonds is 7. The van der Waals surface area contributed by atoms with Crippen LogP contribution in [0.2, 0.25) is 5.02 Å². The summed E-state index contributed by atoms with van der Waals surface area (Å²) in [5.41, 5.74) is 1.37. The van der Waals surface area contributed by atoms with Gasteiger partial charge in [-0.15, -0.1) is 0 Å². The Labute approximate surface area is 168 Å². The largest absolute Gasteiger partial charge is 0.479 e. The van der Waals surface area contributed by atoms with Crippen LogP contribution >= 0.6 is 11.6 Å². The molecule has 1 amide bonds. The highest BCUT2D eigenvalue weighted by Crippen LogP contribution is 2.30. The molecule has 1 heterocycles. The lowest BCUT2D eigenvalue weighted by atomic mass is 9.91. The standard InChI is InChI=1S/C21H22ClNO5/c22-18-7-2-6-17(11-18)14-27-20(26)23-13-16-5-1-4-15(10-16)12-21(19(24)25)8-3-9-28-21/h1-2,4-7,10-11H,3,8-9,12-14H2,(H,23,26)(H,24,25). The van der Waals surface area contributed by atoms with Gasteiger partial charge >= 0.3 is 12.1 Å². The molecule has 28 heavy (non-hydrogen) atoms. The van der Waals surface area contributed by atoms with Crippen molar-refractivity contribution in [3.05, 3.63) is 70.2 Å². The van der Waals surface area contributed by atoms with Crippen LogP contribution in [0.3, 0.4) is 0 Å². The molecular formula is C21H22ClNO5. The molecule has 1 aliphatic rings. The molecule has 0 aliphatic carbocycles. The third-order valence-corrected chi connectivity index (χ3v) is 4.91. The van der Waals surface area contributed by atoms with Crippen LogP contribution in [0.15, 0.2) is 48.5 Å². The lowest BCUT2D eigenvalue weighted by Gasteiger charge is -2.23. The molecule has 0 aromatic heterocycles. The third-order valence-electron chi connectivity index (χ3n) is 4.67. The Morgan fingerprint density at radius 2 is 1.89 bits per heavy atom. The minimum Gasteiger partial charge on any atom is -0.479 e. The van der Waals surface area contributed by atoms with Gasteiger partial charge in [0.05, 0.1) is 0 Å². The second kappa shape index (κ2) is 9.08. The SMILES string of the molecule is O=C(NCc1cccc(CC2(C(=O)O)CCCO2)c1)OCc1cccc(Cl)c1. The second-order valence-corrected chi connectivity index (χ2v) is 7.24. The van der Waals surface area contributed by atoms with Crippen molar-refractivity contribution in [1.29, 1.82) is 0 Å². The monoisotopic (exact) mass is 403 g/mol. The molecule has 2 aromatic carbocycles. The average molecular weight is 404 g/mol. The first-order valence-corrected chi connectivity index (χ1v) is 9.45. The van der Waals surface area contributed by atoms with Crippen LogP contribution < -0.4 is 5.32 Å².